The summed E-state index contributed by atoms with van der Waals surface area (Å²) in [7, 11) is 2.35. The van der Waals surface area contributed by atoms with Gasteiger partial charge < -0.3 is 10.2 Å². The smallest absolute Gasteiger partial charge is 0.0100 e. The van der Waals surface area contributed by atoms with Crippen molar-refractivity contribution < 1.29 is 0 Å². The average molecular weight is 264 g/mol. The molecule has 110 valence electrons. The van der Waals surface area contributed by atoms with Gasteiger partial charge in [0, 0.05) is 12.1 Å². The number of rotatable bonds is 2. The highest BCUT2D eigenvalue weighted by molar-refractivity contribution is 4.93. The molecule has 5 atom stereocenters. The Hall–Kier alpha value is -0.0800. The lowest BCUT2D eigenvalue weighted by Gasteiger charge is -2.46. The summed E-state index contributed by atoms with van der Waals surface area (Å²) in [5, 5.41) is 3.82. The molecule has 2 saturated heterocycles. The molecule has 3 aliphatic rings. The molecular formula is C17H32N2. The van der Waals surface area contributed by atoms with E-state index < -0.39 is 0 Å². The van der Waals surface area contributed by atoms with Crippen molar-refractivity contribution in [2.75, 3.05) is 20.1 Å². The second-order valence-corrected chi connectivity index (χ2v) is 7.57. The molecule has 0 aromatic carbocycles. The third-order valence-electron chi connectivity index (χ3n) is 6.10. The normalized spacial score (nSPS) is 44.8. The molecule has 0 aromatic heterocycles. The van der Waals surface area contributed by atoms with Gasteiger partial charge in [0.15, 0.2) is 0 Å². The van der Waals surface area contributed by atoms with E-state index in [1.54, 1.807) is 0 Å². The van der Waals surface area contributed by atoms with Crippen molar-refractivity contribution in [1.29, 1.82) is 0 Å². The number of piperidine rings is 2. The van der Waals surface area contributed by atoms with Gasteiger partial charge in [0.1, 0.15) is 0 Å². The number of nitrogens with one attached hydrogen (secondary N) is 1. The fourth-order valence-corrected chi connectivity index (χ4v) is 5.08. The Morgan fingerprint density at radius 2 is 2.00 bits per heavy atom. The van der Waals surface area contributed by atoms with E-state index in [2.05, 4.69) is 24.2 Å². The minimum Gasteiger partial charge on any atom is -0.314 e. The molecule has 0 radical (unpaired) electrons. The van der Waals surface area contributed by atoms with Crippen LogP contribution in [0.2, 0.25) is 0 Å². The van der Waals surface area contributed by atoms with Gasteiger partial charge >= 0.3 is 0 Å². The van der Waals surface area contributed by atoms with E-state index in [4.69, 9.17) is 0 Å². The van der Waals surface area contributed by atoms with Crippen molar-refractivity contribution in [3.05, 3.63) is 0 Å². The second-order valence-electron chi connectivity index (χ2n) is 7.57. The van der Waals surface area contributed by atoms with Crippen LogP contribution in [-0.2, 0) is 0 Å². The van der Waals surface area contributed by atoms with Gasteiger partial charge in [0.05, 0.1) is 0 Å². The van der Waals surface area contributed by atoms with E-state index in [1.165, 1.54) is 64.5 Å². The number of nitrogens with zero attached hydrogens (tertiary/aromatic N) is 1. The second kappa shape index (κ2) is 6.13. The van der Waals surface area contributed by atoms with Crippen LogP contribution in [0.5, 0.6) is 0 Å². The van der Waals surface area contributed by atoms with Gasteiger partial charge in [-0.1, -0.05) is 13.3 Å². The van der Waals surface area contributed by atoms with E-state index in [1.807, 2.05) is 0 Å². The van der Waals surface area contributed by atoms with E-state index in [9.17, 15) is 0 Å². The number of hydrogen-bond donors (Lipinski definition) is 1. The number of likely N-dealkylation sites (tertiary alicyclic amines) is 1. The minimum atomic E-state index is 0.844. The van der Waals surface area contributed by atoms with Crippen molar-refractivity contribution >= 4 is 0 Å². The lowest BCUT2D eigenvalue weighted by molar-refractivity contribution is 0.0653. The lowest BCUT2D eigenvalue weighted by atomic mass is 9.66. The monoisotopic (exact) mass is 264 g/mol. The molecule has 3 rings (SSSR count). The van der Waals surface area contributed by atoms with Crippen LogP contribution in [0, 0.1) is 17.8 Å². The first-order valence-corrected chi connectivity index (χ1v) is 8.67. The highest BCUT2D eigenvalue weighted by Crippen LogP contribution is 2.41. The fraction of sp³-hybridized carbons (Fsp3) is 1.00. The zero-order chi connectivity index (χ0) is 13.2. The van der Waals surface area contributed by atoms with Crippen LogP contribution >= 0.6 is 0 Å². The average Bonchev–Trinajstić information content (AvgIpc) is 2.41. The molecule has 0 amide bonds. The van der Waals surface area contributed by atoms with Crippen molar-refractivity contribution in [2.45, 2.75) is 70.4 Å². The third kappa shape index (κ3) is 3.16. The van der Waals surface area contributed by atoms with Gasteiger partial charge in [0.25, 0.3) is 0 Å². The summed E-state index contributed by atoms with van der Waals surface area (Å²) in [4.78, 5) is 2.65. The molecular weight excluding hydrogens is 232 g/mol. The topological polar surface area (TPSA) is 15.3 Å². The zero-order valence-corrected chi connectivity index (χ0v) is 12.9. The third-order valence-corrected chi connectivity index (χ3v) is 6.10. The van der Waals surface area contributed by atoms with E-state index in [0.717, 1.165) is 29.8 Å². The van der Waals surface area contributed by atoms with E-state index >= 15 is 0 Å². The maximum Gasteiger partial charge on any atom is 0.0100 e. The van der Waals surface area contributed by atoms with Crippen LogP contribution in [0.1, 0.15) is 58.3 Å². The van der Waals surface area contributed by atoms with Gasteiger partial charge in [-0.2, -0.15) is 0 Å². The Morgan fingerprint density at radius 3 is 2.84 bits per heavy atom. The Bertz CT molecular complexity index is 291. The SMILES string of the molecule is CC1CC(CC2CCCCN2C)C2CCCNC2C1. The molecule has 0 spiro atoms. The molecule has 1 N–H and O–H groups in total. The molecule has 1 aliphatic carbocycles. The zero-order valence-electron chi connectivity index (χ0n) is 12.9. The number of hydrogen-bond acceptors (Lipinski definition) is 2. The maximum atomic E-state index is 3.82. The quantitative estimate of drug-likeness (QED) is 0.823. The van der Waals surface area contributed by atoms with Crippen LogP contribution in [0.15, 0.2) is 0 Å². The molecule has 2 aliphatic heterocycles. The van der Waals surface area contributed by atoms with Crippen molar-refractivity contribution in [3.63, 3.8) is 0 Å². The Morgan fingerprint density at radius 1 is 1.11 bits per heavy atom. The first-order valence-electron chi connectivity index (χ1n) is 8.67. The highest BCUT2D eigenvalue weighted by atomic mass is 15.1. The summed E-state index contributed by atoms with van der Waals surface area (Å²) in [6.07, 6.45) is 11.6. The molecule has 5 unspecified atom stereocenters. The van der Waals surface area contributed by atoms with Gasteiger partial charge in [-0.3, -0.25) is 0 Å². The highest BCUT2D eigenvalue weighted by Gasteiger charge is 2.38. The molecule has 2 heterocycles. The summed E-state index contributed by atoms with van der Waals surface area (Å²) in [6.45, 7) is 5.08. The molecule has 0 aromatic rings. The first-order chi connectivity index (χ1) is 9.24. The van der Waals surface area contributed by atoms with Gasteiger partial charge in [-0.15, -0.1) is 0 Å². The lowest BCUT2D eigenvalue weighted by Crippen LogP contribution is -2.50. The first kappa shape index (κ1) is 13.9. The summed E-state index contributed by atoms with van der Waals surface area (Å²) in [5.74, 6) is 2.91. The van der Waals surface area contributed by atoms with Crippen LogP contribution in [0.4, 0.5) is 0 Å². The van der Waals surface area contributed by atoms with Crippen molar-refractivity contribution in [2.24, 2.45) is 17.8 Å². The van der Waals surface area contributed by atoms with Crippen LogP contribution in [0.25, 0.3) is 0 Å². The van der Waals surface area contributed by atoms with Gasteiger partial charge in [-0.25, -0.2) is 0 Å². The van der Waals surface area contributed by atoms with Gasteiger partial charge in [0.2, 0.25) is 0 Å². The molecule has 19 heavy (non-hydrogen) atoms. The summed E-state index contributed by atoms with van der Waals surface area (Å²) in [6, 6.07) is 1.73. The molecule has 2 nitrogen and oxygen atoms in total. The largest absolute Gasteiger partial charge is 0.314 e. The minimum absolute atomic E-state index is 0.844. The fourth-order valence-electron chi connectivity index (χ4n) is 5.08. The predicted molar refractivity (Wildman–Crippen MR) is 81.3 cm³/mol. The predicted octanol–water partition coefficient (Wildman–Crippen LogP) is 3.28. The molecule has 0 bridgehead atoms. The molecule has 3 fully saturated rings. The maximum absolute atomic E-state index is 3.82. The summed E-state index contributed by atoms with van der Waals surface area (Å²) in [5.41, 5.74) is 0. The van der Waals surface area contributed by atoms with Crippen LogP contribution in [-0.4, -0.2) is 37.1 Å². The standard InChI is InChI=1S/C17H32N2/c1-13-10-14(12-15-6-3-4-9-19(15)2)16-7-5-8-18-17(16)11-13/h13-18H,3-12H2,1-2H3. The van der Waals surface area contributed by atoms with Crippen molar-refractivity contribution in [3.8, 4) is 0 Å². The molecule has 1 saturated carbocycles. The molecule has 2 heteroatoms. The van der Waals surface area contributed by atoms with E-state index in [-0.39, 0.29) is 0 Å². The van der Waals surface area contributed by atoms with E-state index in [0.29, 0.717) is 0 Å². The van der Waals surface area contributed by atoms with Gasteiger partial charge in [-0.05, 0) is 82.8 Å². The summed E-state index contributed by atoms with van der Waals surface area (Å²) < 4.78 is 0. The number of fused-ring (bicyclic) bond motifs is 1. The van der Waals surface area contributed by atoms with Crippen LogP contribution in [0.3, 0.4) is 0 Å². The van der Waals surface area contributed by atoms with Crippen LogP contribution < -0.4 is 5.32 Å². The Kier molecular flexibility index (Phi) is 4.48. The Balaban J connectivity index is 1.63. The summed E-state index contributed by atoms with van der Waals surface area (Å²) >= 11 is 0. The van der Waals surface area contributed by atoms with Crippen molar-refractivity contribution in [1.82, 2.24) is 10.2 Å². The Labute approximate surface area is 119 Å².